The van der Waals surface area contributed by atoms with Crippen LogP contribution in [0.3, 0.4) is 0 Å². The van der Waals surface area contributed by atoms with Crippen LogP contribution in [0.2, 0.25) is 0 Å². The fraction of sp³-hybridized carbons (Fsp3) is 0.0667. The van der Waals surface area contributed by atoms with Gasteiger partial charge in [-0.25, -0.2) is 0 Å². The second-order valence-corrected chi connectivity index (χ2v) is 7.84. The number of allylic oxidation sites excluding steroid dienone is 3. The SMILES string of the molecule is C=C.Cc1ccc2c(c1)c1ccccc1n2C(/C=C(\N)c1ccccn1)=C/Cc1ccccn1. The number of nitrogens with zero attached hydrogens (tertiary/aromatic N) is 3. The summed E-state index contributed by atoms with van der Waals surface area (Å²) >= 11 is 0. The van der Waals surface area contributed by atoms with Crippen molar-refractivity contribution >= 4 is 33.2 Å². The fourth-order valence-corrected chi connectivity index (χ4v) is 4.07. The molecule has 0 bridgehead atoms. The summed E-state index contributed by atoms with van der Waals surface area (Å²) in [4.78, 5) is 8.91. The second kappa shape index (κ2) is 10.5. The van der Waals surface area contributed by atoms with Crippen molar-refractivity contribution < 1.29 is 0 Å². The van der Waals surface area contributed by atoms with Gasteiger partial charge < -0.3 is 10.3 Å². The zero-order valence-corrected chi connectivity index (χ0v) is 19.4. The number of benzene rings is 2. The zero-order chi connectivity index (χ0) is 23.9. The van der Waals surface area contributed by atoms with Crippen LogP contribution in [0.5, 0.6) is 0 Å². The third-order valence-electron chi connectivity index (χ3n) is 5.60. The van der Waals surface area contributed by atoms with Gasteiger partial charge in [-0.2, -0.15) is 0 Å². The highest BCUT2D eigenvalue weighted by Gasteiger charge is 2.13. The van der Waals surface area contributed by atoms with Crippen LogP contribution in [-0.4, -0.2) is 14.5 Å². The first-order valence-corrected chi connectivity index (χ1v) is 11.2. The zero-order valence-electron chi connectivity index (χ0n) is 19.4. The molecular weight excluding hydrogens is 416 g/mol. The first-order chi connectivity index (χ1) is 16.7. The molecule has 0 aliphatic rings. The van der Waals surface area contributed by atoms with Crippen molar-refractivity contribution in [3.63, 3.8) is 0 Å². The average Bonchev–Trinajstić information content (AvgIpc) is 3.22. The minimum Gasteiger partial charge on any atom is -0.397 e. The topological polar surface area (TPSA) is 56.7 Å². The standard InChI is InChI=1S/C28H24N4.C2H4/c1-20-12-15-28-24(18-20)23-9-2-3-11-27(23)32(28)22(14-13-21-8-4-6-16-30-21)19-25(29)26-10-5-7-17-31-26;1-2/h2-12,14-19H,13,29H2,1H3;1-2H2/b22-14+,25-19-;. The average molecular weight is 445 g/mol. The number of pyridine rings is 2. The molecule has 0 fully saturated rings. The summed E-state index contributed by atoms with van der Waals surface area (Å²) in [6.07, 6.45) is 8.48. The molecule has 0 unspecified atom stereocenters. The van der Waals surface area contributed by atoms with E-state index in [0.29, 0.717) is 12.1 Å². The van der Waals surface area contributed by atoms with Gasteiger partial charge in [0.05, 0.1) is 22.4 Å². The Morgan fingerprint density at radius 2 is 1.56 bits per heavy atom. The molecule has 2 N–H and O–H groups in total. The van der Waals surface area contributed by atoms with Gasteiger partial charge in [0.1, 0.15) is 0 Å². The smallest absolute Gasteiger partial charge is 0.0859 e. The van der Waals surface area contributed by atoms with Crippen molar-refractivity contribution in [1.29, 1.82) is 0 Å². The number of hydrogen-bond donors (Lipinski definition) is 1. The molecule has 3 heterocycles. The Kier molecular flexibility index (Phi) is 6.99. The molecule has 5 rings (SSSR count). The Morgan fingerprint density at radius 1 is 0.853 bits per heavy atom. The maximum atomic E-state index is 6.51. The molecule has 34 heavy (non-hydrogen) atoms. The second-order valence-electron chi connectivity index (χ2n) is 7.84. The Morgan fingerprint density at radius 3 is 2.29 bits per heavy atom. The predicted molar refractivity (Wildman–Crippen MR) is 144 cm³/mol. The van der Waals surface area contributed by atoms with Gasteiger partial charge in [-0.1, -0.05) is 48.0 Å². The van der Waals surface area contributed by atoms with Gasteiger partial charge in [-0.15, -0.1) is 13.2 Å². The molecule has 4 heteroatoms. The van der Waals surface area contributed by atoms with E-state index in [2.05, 4.69) is 83.2 Å². The summed E-state index contributed by atoms with van der Waals surface area (Å²) in [6.45, 7) is 8.13. The molecule has 3 aromatic heterocycles. The minimum absolute atomic E-state index is 0.621. The summed E-state index contributed by atoms with van der Waals surface area (Å²) < 4.78 is 2.28. The van der Waals surface area contributed by atoms with E-state index in [1.807, 2.05) is 48.7 Å². The normalized spacial score (nSPS) is 11.9. The van der Waals surface area contributed by atoms with Crippen LogP contribution in [0, 0.1) is 6.92 Å². The molecular formula is C30H28N4. The summed E-state index contributed by atoms with van der Waals surface area (Å²) in [6, 6.07) is 26.8. The summed E-state index contributed by atoms with van der Waals surface area (Å²) in [5, 5.41) is 2.45. The molecule has 0 amide bonds. The maximum absolute atomic E-state index is 6.51. The van der Waals surface area contributed by atoms with E-state index in [9.17, 15) is 0 Å². The summed E-state index contributed by atoms with van der Waals surface area (Å²) in [5.74, 6) is 0. The molecule has 2 aromatic carbocycles. The highest BCUT2D eigenvalue weighted by atomic mass is 15.0. The molecule has 0 atom stereocenters. The Bertz CT molecular complexity index is 1460. The van der Waals surface area contributed by atoms with Crippen LogP contribution in [0.25, 0.3) is 33.2 Å². The Hall–Kier alpha value is -4.44. The van der Waals surface area contributed by atoms with Crippen LogP contribution in [0.15, 0.2) is 117 Å². The monoisotopic (exact) mass is 444 g/mol. The first kappa shape index (κ1) is 22.7. The Balaban J connectivity index is 0.00000133. The molecule has 0 spiro atoms. The van der Waals surface area contributed by atoms with Gasteiger partial charge in [-0.05, 0) is 55.5 Å². The van der Waals surface area contributed by atoms with Crippen molar-refractivity contribution in [3.8, 4) is 0 Å². The van der Waals surface area contributed by atoms with Crippen molar-refractivity contribution in [3.05, 3.63) is 134 Å². The number of nitrogens with two attached hydrogens (primary N) is 1. The minimum atomic E-state index is 0.621. The highest BCUT2D eigenvalue weighted by molar-refractivity contribution is 6.10. The molecule has 4 nitrogen and oxygen atoms in total. The molecule has 0 saturated carbocycles. The Labute approximate surface area is 200 Å². The number of aromatic nitrogens is 3. The van der Waals surface area contributed by atoms with Gasteiger partial charge in [0, 0.05) is 41.0 Å². The quantitative estimate of drug-likeness (QED) is 0.240. The number of fused-ring (bicyclic) bond motifs is 3. The largest absolute Gasteiger partial charge is 0.397 e. The van der Waals surface area contributed by atoms with Crippen molar-refractivity contribution in [2.75, 3.05) is 0 Å². The van der Waals surface area contributed by atoms with Crippen LogP contribution in [-0.2, 0) is 6.42 Å². The lowest BCUT2D eigenvalue weighted by Gasteiger charge is -2.11. The number of aryl methyl sites for hydroxylation is 1. The van der Waals surface area contributed by atoms with Gasteiger partial charge in [-0.3, -0.25) is 9.97 Å². The van der Waals surface area contributed by atoms with E-state index >= 15 is 0 Å². The lowest BCUT2D eigenvalue weighted by molar-refractivity contribution is 1.10. The van der Waals surface area contributed by atoms with Crippen LogP contribution in [0.1, 0.15) is 17.0 Å². The van der Waals surface area contributed by atoms with Crippen LogP contribution >= 0.6 is 0 Å². The predicted octanol–water partition coefficient (Wildman–Crippen LogP) is 6.78. The van der Waals surface area contributed by atoms with E-state index in [4.69, 9.17) is 5.73 Å². The molecule has 0 aliphatic carbocycles. The molecule has 5 aromatic rings. The fourth-order valence-electron chi connectivity index (χ4n) is 4.07. The van der Waals surface area contributed by atoms with E-state index in [1.165, 1.54) is 16.3 Å². The van der Waals surface area contributed by atoms with E-state index in [0.717, 1.165) is 28.1 Å². The van der Waals surface area contributed by atoms with Crippen LogP contribution in [0.4, 0.5) is 0 Å². The highest BCUT2D eigenvalue weighted by Crippen LogP contribution is 2.33. The maximum Gasteiger partial charge on any atom is 0.0859 e. The summed E-state index contributed by atoms with van der Waals surface area (Å²) in [5.41, 5.74) is 13.4. The van der Waals surface area contributed by atoms with Crippen LogP contribution < -0.4 is 5.73 Å². The van der Waals surface area contributed by atoms with Gasteiger partial charge in [0.25, 0.3) is 0 Å². The van der Waals surface area contributed by atoms with Crippen molar-refractivity contribution in [2.45, 2.75) is 13.3 Å². The lowest BCUT2D eigenvalue weighted by Crippen LogP contribution is -2.03. The van der Waals surface area contributed by atoms with Gasteiger partial charge >= 0.3 is 0 Å². The molecule has 0 aliphatic heterocycles. The molecule has 0 radical (unpaired) electrons. The number of hydrogen-bond acceptors (Lipinski definition) is 3. The lowest BCUT2D eigenvalue weighted by atomic mass is 10.1. The third-order valence-corrected chi connectivity index (χ3v) is 5.60. The van der Waals surface area contributed by atoms with E-state index in [-0.39, 0.29) is 0 Å². The molecule has 0 saturated heterocycles. The molecule has 168 valence electrons. The van der Waals surface area contributed by atoms with Gasteiger partial charge in [0.15, 0.2) is 0 Å². The van der Waals surface area contributed by atoms with Gasteiger partial charge in [0.2, 0.25) is 0 Å². The third kappa shape index (κ3) is 4.66. The van der Waals surface area contributed by atoms with E-state index in [1.54, 1.807) is 6.20 Å². The summed E-state index contributed by atoms with van der Waals surface area (Å²) in [7, 11) is 0. The number of para-hydroxylation sites is 1. The van der Waals surface area contributed by atoms with Crippen molar-refractivity contribution in [1.82, 2.24) is 14.5 Å². The van der Waals surface area contributed by atoms with E-state index < -0.39 is 0 Å². The van der Waals surface area contributed by atoms with Crippen molar-refractivity contribution in [2.24, 2.45) is 5.73 Å². The first-order valence-electron chi connectivity index (χ1n) is 11.2. The number of rotatable bonds is 5.